The SMILES string of the molecule is O=C([C@H]1CC1c1ccccc1)N1CCCN(C2CCC2)CC1. The van der Waals surface area contributed by atoms with Gasteiger partial charge in [0.15, 0.2) is 0 Å². The minimum Gasteiger partial charge on any atom is -0.341 e. The topological polar surface area (TPSA) is 23.6 Å². The maximum Gasteiger partial charge on any atom is 0.226 e. The van der Waals surface area contributed by atoms with Gasteiger partial charge in [-0.2, -0.15) is 0 Å². The van der Waals surface area contributed by atoms with Gasteiger partial charge in [0, 0.05) is 38.1 Å². The van der Waals surface area contributed by atoms with Gasteiger partial charge >= 0.3 is 0 Å². The normalized spacial score (nSPS) is 29.7. The molecule has 2 aliphatic carbocycles. The Morgan fingerprint density at radius 1 is 0.955 bits per heavy atom. The third-order valence-corrected chi connectivity index (χ3v) is 5.77. The van der Waals surface area contributed by atoms with Crippen LogP contribution >= 0.6 is 0 Å². The van der Waals surface area contributed by atoms with Gasteiger partial charge in [0.2, 0.25) is 5.91 Å². The maximum absolute atomic E-state index is 12.8. The molecule has 0 spiro atoms. The van der Waals surface area contributed by atoms with Gasteiger partial charge in [0.25, 0.3) is 0 Å². The van der Waals surface area contributed by atoms with Crippen LogP contribution in [0.25, 0.3) is 0 Å². The highest BCUT2D eigenvalue weighted by atomic mass is 16.2. The third-order valence-electron chi connectivity index (χ3n) is 5.77. The summed E-state index contributed by atoms with van der Waals surface area (Å²) in [6.45, 7) is 4.16. The van der Waals surface area contributed by atoms with E-state index in [1.165, 1.54) is 31.4 Å². The summed E-state index contributed by atoms with van der Waals surface area (Å²) >= 11 is 0. The predicted octanol–water partition coefficient (Wildman–Crippen LogP) is 2.88. The van der Waals surface area contributed by atoms with E-state index in [9.17, 15) is 4.79 Å². The van der Waals surface area contributed by atoms with Gasteiger partial charge in [-0.25, -0.2) is 0 Å². The smallest absolute Gasteiger partial charge is 0.226 e. The van der Waals surface area contributed by atoms with E-state index < -0.39 is 0 Å². The van der Waals surface area contributed by atoms with Crippen LogP contribution in [0.1, 0.15) is 43.6 Å². The summed E-state index contributed by atoms with van der Waals surface area (Å²) < 4.78 is 0. The Labute approximate surface area is 133 Å². The molecule has 3 aliphatic rings. The van der Waals surface area contributed by atoms with Gasteiger partial charge < -0.3 is 4.90 Å². The Kier molecular flexibility index (Phi) is 3.91. The zero-order valence-electron chi connectivity index (χ0n) is 13.3. The van der Waals surface area contributed by atoms with Crippen molar-refractivity contribution in [3.63, 3.8) is 0 Å². The van der Waals surface area contributed by atoms with Crippen LogP contribution in [0.2, 0.25) is 0 Å². The molecular weight excluding hydrogens is 272 g/mol. The first-order valence-corrected chi connectivity index (χ1v) is 8.91. The molecule has 0 radical (unpaired) electrons. The summed E-state index contributed by atoms with van der Waals surface area (Å²) in [5.41, 5.74) is 1.34. The Morgan fingerprint density at radius 2 is 1.77 bits per heavy atom. The molecule has 118 valence electrons. The number of hydrogen-bond donors (Lipinski definition) is 0. The fraction of sp³-hybridized carbons (Fsp3) is 0.632. The number of hydrogen-bond acceptors (Lipinski definition) is 2. The molecule has 3 fully saturated rings. The maximum atomic E-state index is 12.8. The molecule has 3 heteroatoms. The molecule has 1 unspecified atom stereocenters. The van der Waals surface area contributed by atoms with Gasteiger partial charge in [-0.05, 0) is 37.2 Å². The highest BCUT2D eigenvalue weighted by Crippen LogP contribution is 2.48. The quantitative estimate of drug-likeness (QED) is 0.856. The van der Waals surface area contributed by atoms with Crippen molar-refractivity contribution in [1.82, 2.24) is 9.80 Å². The molecule has 1 aromatic rings. The second-order valence-electron chi connectivity index (χ2n) is 7.16. The number of carbonyl (C=O) groups is 1. The number of benzene rings is 1. The van der Waals surface area contributed by atoms with E-state index in [0.29, 0.717) is 11.8 Å². The van der Waals surface area contributed by atoms with E-state index in [0.717, 1.165) is 38.5 Å². The van der Waals surface area contributed by atoms with E-state index in [1.807, 2.05) is 6.07 Å². The predicted molar refractivity (Wildman–Crippen MR) is 87.7 cm³/mol. The van der Waals surface area contributed by atoms with Crippen LogP contribution in [0.5, 0.6) is 0 Å². The summed E-state index contributed by atoms with van der Waals surface area (Å²) in [6.07, 6.45) is 6.32. The molecule has 0 N–H and O–H groups in total. The number of carbonyl (C=O) groups excluding carboxylic acids is 1. The second-order valence-corrected chi connectivity index (χ2v) is 7.16. The van der Waals surface area contributed by atoms with Crippen LogP contribution in [-0.2, 0) is 4.79 Å². The van der Waals surface area contributed by atoms with E-state index in [-0.39, 0.29) is 5.92 Å². The van der Waals surface area contributed by atoms with Gasteiger partial charge in [0.05, 0.1) is 0 Å². The molecule has 1 aliphatic heterocycles. The van der Waals surface area contributed by atoms with E-state index in [2.05, 4.69) is 34.1 Å². The first-order valence-electron chi connectivity index (χ1n) is 8.91. The molecule has 4 rings (SSSR count). The van der Waals surface area contributed by atoms with Crippen molar-refractivity contribution in [2.24, 2.45) is 5.92 Å². The minimum absolute atomic E-state index is 0.248. The Balaban J connectivity index is 1.33. The Morgan fingerprint density at radius 3 is 2.50 bits per heavy atom. The van der Waals surface area contributed by atoms with Crippen LogP contribution in [-0.4, -0.2) is 47.9 Å². The Bertz CT molecular complexity index is 525. The van der Waals surface area contributed by atoms with Crippen molar-refractivity contribution in [3.8, 4) is 0 Å². The summed E-state index contributed by atoms with van der Waals surface area (Å²) in [7, 11) is 0. The van der Waals surface area contributed by atoms with Crippen LogP contribution < -0.4 is 0 Å². The molecule has 1 aromatic carbocycles. The lowest BCUT2D eigenvalue weighted by Crippen LogP contribution is -2.43. The summed E-state index contributed by atoms with van der Waals surface area (Å²) in [4.78, 5) is 17.5. The monoisotopic (exact) mass is 298 g/mol. The second kappa shape index (κ2) is 6.04. The lowest BCUT2D eigenvalue weighted by molar-refractivity contribution is -0.132. The van der Waals surface area contributed by atoms with Crippen LogP contribution in [0.4, 0.5) is 0 Å². The minimum atomic E-state index is 0.248. The van der Waals surface area contributed by atoms with E-state index in [4.69, 9.17) is 0 Å². The van der Waals surface area contributed by atoms with Crippen molar-refractivity contribution < 1.29 is 4.79 Å². The molecule has 1 amide bonds. The Hall–Kier alpha value is -1.35. The van der Waals surface area contributed by atoms with E-state index >= 15 is 0 Å². The van der Waals surface area contributed by atoms with Gasteiger partial charge in [-0.15, -0.1) is 0 Å². The number of rotatable bonds is 3. The van der Waals surface area contributed by atoms with E-state index in [1.54, 1.807) is 0 Å². The van der Waals surface area contributed by atoms with Crippen molar-refractivity contribution in [1.29, 1.82) is 0 Å². The molecule has 2 saturated carbocycles. The lowest BCUT2D eigenvalue weighted by atomic mass is 9.91. The average molecular weight is 298 g/mol. The van der Waals surface area contributed by atoms with Gasteiger partial charge in [-0.3, -0.25) is 9.69 Å². The standard InChI is InChI=1S/C19H26N2O/c22-19(18-14-17(18)15-6-2-1-3-7-15)21-11-5-10-20(12-13-21)16-8-4-9-16/h1-3,6-7,16-18H,4-5,8-14H2/t17?,18-/m0/s1. The van der Waals surface area contributed by atoms with Gasteiger partial charge in [-0.1, -0.05) is 36.8 Å². The summed E-state index contributed by atoms with van der Waals surface area (Å²) in [5, 5.41) is 0. The van der Waals surface area contributed by atoms with Crippen molar-refractivity contribution >= 4 is 5.91 Å². The first kappa shape index (κ1) is 14.3. The molecule has 0 bridgehead atoms. The fourth-order valence-electron chi connectivity index (χ4n) is 4.05. The molecule has 22 heavy (non-hydrogen) atoms. The molecule has 0 aromatic heterocycles. The van der Waals surface area contributed by atoms with Crippen LogP contribution in [0, 0.1) is 5.92 Å². The molecule has 1 saturated heterocycles. The number of amides is 1. The van der Waals surface area contributed by atoms with Crippen molar-refractivity contribution in [2.75, 3.05) is 26.2 Å². The summed E-state index contributed by atoms with van der Waals surface area (Å²) in [5.74, 6) is 1.13. The van der Waals surface area contributed by atoms with Crippen LogP contribution in [0.15, 0.2) is 30.3 Å². The molecule has 2 atom stereocenters. The fourth-order valence-corrected chi connectivity index (χ4v) is 4.05. The molecule has 3 nitrogen and oxygen atoms in total. The third kappa shape index (κ3) is 2.79. The zero-order chi connectivity index (χ0) is 14.9. The van der Waals surface area contributed by atoms with Crippen molar-refractivity contribution in [3.05, 3.63) is 35.9 Å². The van der Waals surface area contributed by atoms with Crippen molar-refractivity contribution in [2.45, 2.75) is 44.1 Å². The molecule has 1 heterocycles. The number of nitrogens with zero attached hydrogens (tertiary/aromatic N) is 2. The largest absolute Gasteiger partial charge is 0.341 e. The first-order chi connectivity index (χ1) is 10.8. The zero-order valence-corrected chi connectivity index (χ0v) is 13.3. The van der Waals surface area contributed by atoms with Crippen LogP contribution in [0.3, 0.4) is 0 Å². The molecular formula is C19H26N2O. The summed E-state index contributed by atoms with van der Waals surface area (Å²) in [6, 6.07) is 11.4. The highest BCUT2D eigenvalue weighted by Gasteiger charge is 2.45. The highest BCUT2D eigenvalue weighted by molar-refractivity contribution is 5.83. The lowest BCUT2D eigenvalue weighted by Gasteiger charge is -2.36. The average Bonchev–Trinajstić information content (AvgIpc) is 3.30. The van der Waals surface area contributed by atoms with Gasteiger partial charge in [0.1, 0.15) is 0 Å².